The van der Waals surface area contributed by atoms with Crippen LogP contribution in [-0.2, 0) is 13.1 Å². The first-order valence-electron chi connectivity index (χ1n) is 7.19. The van der Waals surface area contributed by atoms with Crippen LogP contribution in [0.2, 0.25) is 0 Å². The van der Waals surface area contributed by atoms with Crippen LogP contribution in [0.25, 0.3) is 0 Å². The number of urea groups is 1. The summed E-state index contributed by atoms with van der Waals surface area (Å²) in [6.45, 7) is 2.18. The highest BCUT2D eigenvalue weighted by Crippen LogP contribution is 2.25. The van der Waals surface area contributed by atoms with Crippen molar-refractivity contribution in [3.63, 3.8) is 0 Å². The van der Waals surface area contributed by atoms with E-state index < -0.39 is 12.4 Å². The normalized spacial score (nSPS) is 12.5. The maximum Gasteiger partial charge on any atom is 0.573 e. The molecule has 24 heavy (non-hydrogen) atoms. The van der Waals surface area contributed by atoms with E-state index in [1.807, 2.05) is 0 Å². The maximum atomic E-state index is 12.3. The van der Waals surface area contributed by atoms with Crippen LogP contribution in [0.4, 0.5) is 18.0 Å². The molecule has 0 saturated heterocycles. The van der Waals surface area contributed by atoms with E-state index in [0.29, 0.717) is 6.54 Å². The lowest BCUT2D eigenvalue weighted by Gasteiger charge is -2.16. The summed E-state index contributed by atoms with van der Waals surface area (Å²) in [6, 6.07) is 6.72. The van der Waals surface area contributed by atoms with E-state index in [4.69, 9.17) is 0 Å². The Hall–Kier alpha value is -2.71. The minimum Gasteiger partial charge on any atom is -0.405 e. The summed E-state index contributed by atoms with van der Waals surface area (Å²) in [5.41, 5.74) is 0.227. The van der Waals surface area contributed by atoms with Crippen LogP contribution in [0.5, 0.6) is 5.75 Å². The Labute approximate surface area is 136 Å². The molecule has 0 aliphatic carbocycles. The van der Waals surface area contributed by atoms with E-state index >= 15 is 0 Å². The van der Waals surface area contributed by atoms with E-state index in [1.165, 1.54) is 18.2 Å². The Morgan fingerprint density at radius 3 is 2.75 bits per heavy atom. The molecule has 2 N–H and O–H groups in total. The molecule has 1 aromatic carbocycles. The Morgan fingerprint density at radius 2 is 2.08 bits per heavy atom. The molecule has 1 heterocycles. The number of nitrogens with one attached hydrogen (secondary N) is 2. The molecule has 0 unspecified atom stereocenters. The van der Waals surface area contributed by atoms with Gasteiger partial charge in [0.15, 0.2) is 0 Å². The highest BCUT2D eigenvalue weighted by Gasteiger charge is 2.31. The van der Waals surface area contributed by atoms with Crippen molar-refractivity contribution in [2.45, 2.75) is 32.4 Å². The first-order chi connectivity index (χ1) is 11.3. The quantitative estimate of drug-likeness (QED) is 0.848. The number of alkyl halides is 3. The minimum atomic E-state index is -4.78. The van der Waals surface area contributed by atoms with Crippen LogP contribution in [-0.4, -0.2) is 28.2 Å². The van der Waals surface area contributed by atoms with Gasteiger partial charge in [0.1, 0.15) is 5.75 Å². The maximum absolute atomic E-state index is 12.3. The molecule has 0 saturated carbocycles. The molecule has 0 bridgehead atoms. The summed E-state index contributed by atoms with van der Waals surface area (Å²) in [5.74, 6) is -0.338. The molecule has 0 aliphatic rings. The second-order valence-corrected chi connectivity index (χ2v) is 5.11. The first-order valence-corrected chi connectivity index (χ1v) is 7.19. The van der Waals surface area contributed by atoms with E-state index in [-0.39, 0.29) is 23.9 Å². The van der Waals surface area contributed by atoms with Gasteiger partial charge in [0.25, 0.3) is 0 Å². The molecular formula is C15H17F3N4O2. The SMILES string of the molecule is C[C@@H](Cn1cccn1)NC(=O)NCc1ccccc1OC(F)(F)F. The molecule has 130 valence electrons. The molecule has 1 aromatic heterocycles. The van der Waals surface area contributed by atoms with E-state index in [1.54, 1.807) is 36.1 Å². The van der Waals surface area contributed by atoms with Gasteiger partial charge in [-0.15, -0.1) is 13.2 Å². The number of carbonyl (C=O) groups excluding carboxylic acids is 1. The summed E-state index contributed by atoms with van der Waals surface area (Å²) >= 11 is 0. The van der Waals surface area contributed by atoms with Gasteiger partial charge in [-0.3, -0.25) is 4.68 Å². The molecule has 0 aliphatic heterocycles. The highest BCUT2D eigenvalue weighted by molar-refractivity contribution is 5.74. The second kappa shape index (κ2) is 7.71. The van der Waals surface area contributed by atoms with Crippen molar-refractivity contribution >= 4 is 6.03 Å². The van der Waals surface area contributed by atoms with Gasteiger partial charge in [-0.2, -0.15) is 5.10 Å². The van der Waals surface area contributed by atoms with Gasteiger partial charge in [-0.05, 0) is 19.1 Å². The fourth-order valence-corrected chi connectivity index (χ4v) is 2.06. The number of benzene rings is 1. The largest absolute Gasteiger partial charge is 0.573 e. The number of hydrogen-bond donors (Lipinski definition) is 2. The zero-order chi connectivity index (χ0) is 17.6. The third-order valence-corrected chi connectivity index (χ3v) is 3.04. The number of halogens is 3. The summed E-state index contributed by atoms with van der Waals surface area (Å²) in [7, 11) is 0. The smallest absolute Gasteiger partial charge is 0.405 e. The summed E-state index contributed by atoms with van der Waals surface area (Å²) in [4.78, 5) is 11.8. The van der Waals surface area contributed by atoms with Gasteiger partial charge in [0, 0.05) is 30.5 Å². The van der Waals surface area contributed by atoms with Gasteiger partial charge >= 0.3 is 12.4 Å². The lowest BCUT2D eigenvalue weighted by atomic mass is 10.2. The predicted octanol–water partition coefficient (Wildman–Crippen LogP) is 2.67. The summed E-state index contributed by atoms with van der Waals surface area (Å²) in [5, 5.41) is 9.22. The monoisotopic (exact) mass is 342 g/mol. The second-order valence-electron chi connectivity index (χ2n) is 5.11. The van der Waals surface area contributed by atoms with Crippen molar-refractivity contribution in [2.75, 3.05) is 0 Å². The van der Waals surface area contributed by atoms with Crippen LogP contribution in [0.3, 0.4) is 0 Å². The third kappa shape index (κ3) is 5.82. The fourth-order valence-electron chi connectivity index (χ4n) is 2.06. The Bertz CT molecular complexity index is 659. The Morgan fingerprint density at radius 1 is 1.33 bits per heavy atom. The standard InChI is InChI=1S/C15H17F3N4O2/c1-11(10-22-8-4-7-20-22)21-14(23)19-9-12-5-2-3-6-13(12)24-15(16,17)18/h2-8,11H,9-10H2,1H3,(H2,19,21,23)/t11-/m0/s1. The molecule has 6 nitrogen and oxygen atoms in total. The number of nitrogens with zero attached hydrogens (tertiary/aromatic N) is 2. The van der Waals surface area contributed by atoms with Crippen LogP contribution in [0.1, 0.15) is 12.5 Å². The van der Waals surface area contributed by atoms with Crippen molar-refractivity contribution in [3.05, 3.63) is 48.3 Å². The Kier molecular flexibility index (Phi) is 5.67. The number of carbonyl (C=O) groups is 1. The number of aromatic nitrogens is 2. The number of rotatable bonds is 6. The van der Waals surface area contributed by atoms with E-state index in [9.17, 15) is 18.0 Å². The van der Waals surface area contributed by atoms with E-state index in [2.05, 4.69) is 20.5 Å². The topological polar surface area (TPSA) is 68.2 Å². The third-order valence-electron chi connectivity index (χ3n) is 3.04. The zero-order valence-electron chi connectivity index (χ0n) is 12.9. The van der Waals surface area contributed by atoms with Crippen LogP contribution >= 0.6 is 0 Å². The van der Waals surface area contributed by atoms with Gasteiger partial charge < -0.3 is 15.4 Å². The molecule has 2 amide bonds. The zero-order valence-corrected chi connectivity index (χ0v) is 12.9. The molecule has 9 heteroatoms. The Balaban J connectivity index is 1.85. The lowest BCUT2D eigenvalue weighted by Crippen LogP contribution is -2.42. The molecule has 1 atom stereocenters. The number of hydrogen-bond acceptors (Lipinski definition) is 3. The molecular weight excluding hydrogens is 325 g/mol. The van der Waals surface area contributed by atoms with Crippen molar-refractivity contribution < 1.29 is 22.7 Å². The van der Waals surface area contributed by atoms with Crippen LogP contribution in [0, 0.1) is 0 Å². The minimum absolute atomic E-state index is 0.0907. The number of para-hydroxylation sites is 1. The molecule has 0 fully saturated rings. The lowest BCUT2D eigenvalue weighted by molar-refractivity contribution is -0.274. The summed E-state index contributed by atoms with van der Waals surface area (Å²) in [6.07, 6.45) is -1.39. The van der Waals surface area contributed by atoms with Crippen molar-refractivity contribution in [1.82, 2.24) is 20.4 Å². The van der Waals surface area contributed by atoms with Gasteiger partial charge in [0.2, 0.25) is 0 Å². The van der Waals surface area contributed by atoms with Crippen LogP contribution < -0.4 is 15.4 Å². The molecule has 0 radical (unpaired) electrons. The molecule has 2 rings (SSSR count). The molecule has 0 spiro atoms. The summed E-state index contributed by atoms with van der Waals surface area (Å²) < 4.78 is 42.6. The van der Waals surface area contributed by atoms with Crippen molar-refractivity contribution in [1.29, 1.82) is 0 Å². The van der Waals surface area contributed by atoms with Gasteiger partial charge in [-0.25, -0.2) is 4.79 Å². The van der Waals surface area contributed by atoms with Gasteiger partial charge in [-0.1, -0.05) is 18.2 Å². The van der Waals surface area contributed by atoms with Crippen LogP contribution in [0.15, 0.2) is 42.7 Å². The average Bonchev–Trinajstić information content (AvgIpc) is 2.97. The van der Waals surface area contributed by atoms with E-state index in [0.717, 1.165) is 0 Å². The van der Waals surface area contributed by atoms with Crippen molar-refractivity contribution in [2.24, 2.45) is 0 Å². The number of amides is 2. The van der Waals surface area contributed by atoms with Crippen molar-refractivity contribution in [3.8, 4) is 5.75 Å². The molecule has 2 aromatic rings. The average molecular weight is 342 g/mol. The number of ether oxygens (including phenoxy) is 1. The predicted molar refractivity (Wildman–Crippen MR) is 80.2 cm³/mol. The first kappa shape index (κ1) is 17.6. The highest BCUT2D eigenvalue weighted by atomic mass is 19.4. The fraction of sp³-hybridized carbons (Fsp3) is 0.333. The van der Waals surface area contributed by atoms with Gasteiger partial charge in [0.05, 0.1) is 6.54 Å².